The van der Waals surface area contributed by atoms with E-state index in [1.807, 2.05) is 6.07 Å². The van der Waals surface area contributed by atoms with Crippen molar-refractivity contribution in [3.63, 3.8) is 0 Å². The first-order valence-electron chi connectivity index (χ1n) is 4.43. The number of carbonyl (C=O) groups is 1. The normalized spacial score (nSPS) is 39.9. The fourth-order valence-electron chi connectivity index (χ4n) is 2.20. The summed E-state index contributed by atoms with van der Waals surface area (Å²) in [6.07, 6.45) is 4.25. The van der Waals surface area contributed by atoms with Gasteiger partial charge in [0.2, 0.25) is 0 Å². The van der Waals surface area contributed by atoms with Crippen LogP contribution in [0.1, 0.15) is 25.7 Å². The molecule has 0 aromatic rings. The predicted molar refractivity (Wildman–Crippen MR) is 40.9 cm³/mol. The third-order valence-corrected chi connectivity index (χ3v) is 2.84. The van der Waals surface area contributed by atoms with Gasteiger partial charge in [0, 0.05) is 5.92 Å². The minimum absolute atomic E-state index is 0.0518. The van der Waals surface area contributed by atoms with Gasteiger partial charge >= 0.3 is 5.97 Å². The van der Waals surface area contributed by atoms with Gasteiger partial charge in [-0.2, -0.15) is 5.26 Å². The van der Waals surface area contributed by atoms with Crippen LogP contribution in [0.25, 0.3) is 0 Å². The number of ether oxygens (including phenoxy) is 1. The van der Waals surface area contributed by atoms with E-state index in [1.165, 1.54) is 0 Å². The second kappa shape index (κ2) is 2.78. The van der Waals surface area contributed by atoms with Gasteiger partial charge in [0.15, 0.2) is 0 Å². The molecule has 2 fully saturated rings. The number of carbonyl (C=O) groups excluding carboxylic acids is 1. The molecule has 1 aliphatic carbocycles. The van der Waals surface area contributed by atoms with Crippen molar-refractivity contribution < 1.29 is 9.53 Å². The van der Waals surface area contributed by atoms with Crippen LogP contribution in [0.2, 0.25) is 0 Å². The molecule has 1 aliphatic heterocycles. The number of hydrogen-bond donors (Lipinski definition) is 0. The van der Waals surface area contributed by atoms with Crippen LogP contribution in [0.3, 0.4) is 0 Å². The lowest BCUT2D eigenvalue weighted by molar-refractivity contribution is -0.143. The standard InChI is InChI=1S/C9H11NO2/c10-5-7-6-3-1-2-4-8(6)12-9(7)11/h6-8H,1-4H2. The van der Waals surface area contributed by atoms with Crippen LogP contribution in [-0.4, -0.2) is 12.1 Å². The molecule has 1 heterocycles. The van der Waals surface area contributed by atoms with E-state index in [2.05, 4.69) is 0 Å². The van der Waals surface area contributed by atoms with E-state index >= 15 is 0 Å². The van der Waals surface area contributed by atoms with E-state index in [9.17, 15) is 4.79 Å². The van der Waals surface area contributed by atoms with Gasteiger partial charge < -0.3 is 4.74 Å². The third kappa shape index (κ3) is 0.989. The fraction of sp³-hybridized carbons (Fsp3) is 0.778. The van der Waals surface area contributed by atoms with E-state index in [1.54, 1.807) is 0 Å². The maximum absolute atomic E-state index is 11.1. The molecule has 0 aromatic heterocycles. The largest absolute Gasteiger partial charge is 0.461 e. The Morgan fingerprint density at radius 2 is 2.17 bits per heavy atom. The molecule has 3 heteroatoms. The highest BCUT2D eigenvalue weighted by atomic mass is 16.6. The topological polar surface area (TPSA) is 50.1 Å². The zero-order valence-corrected chi connectivity index (χ0v) is 6.82. The first-order chi connectivity index (χ1) is 5.83. The Morgan fingerprint density at radius 1 is 1.42 bits per heavy atom. The number of hydrogen-bond acceptors (Lipinski definition) is 3. The van der Waals surface area contributed by atoms with Crippen molar-refractivity contribution in [3.8, 4) is 6.07 Å². The average molecular weight is 165 g/mol. The van der Waals surface area contributed by atoms with Crippen molar-refractivity contribution in [2.45, 2.75) is 31.8 Å². The highest BCUT2D eigenvalue weighted by Crippen LogP contribution is 2.38. The average Bonchev–Trinajstić information content (AvgIpc) is 2.40. The Balaban J connectivity index is 2.17. The first-order valence-corrected chi connectivity index (χ1v) is 4.43. The van der Waals surface area contributed by atoms with Crippen LogP contribution >= 0.6 is 0 Å². The van der Waals surface area contributed by atoms with Crippen LogP contribution in [0.5, 0.6) is 0 Å². The van der Waals surface area contributed by atoms with Crippen molar-refractivity contribution in [2.75, 3.05) is 0 Å². The molecule has 64 valence electrons. The minimum Gasteiger partial charge on any atom is -0.461 e. The molecule has 1 saturated carbocycles. The molecule has 3 nitrogen and oxygen atoms in total. The number of nitriles is 1. The summed E-state index contributed by atoms with van der Waals surface area (Å²) < 4.78 is 5.11. The third-order valence-electron chi connectivity index (χ3n) is 2.84. The maximum atomic E-state index is 11.1. The summed E-state index contributed by atoms with van der Waals surface area (Å²) in [4.78, 5) is 11.1. The smallest absolute Gasteiger partial charge is 0.324 e. The molecule has 0 N–H and O–H groups in total. The summed E-state index contributed by atoms with van der Waals surface area (Å²) in [5.41, 5.74) is 0. The van der Waals surface area contributed by atoms with Crippen LogP contribution in [0.15, 0.2) is 0 Å². The van der Waals surface area contributed by atoms with Crippen molar-refractivity contribution in [1.29, 1.82) is 5.26 Å². The van der Waals surface area contributed by atoms with Gasteiger partial charge in [-0.1, -0.05) is 6.42 Å². The van der Waals surface area contributed by atoms with E-state index in [0.717, 1.165) is 25.7 Å². The highest BCUT2D eigenvalue weighted by molar-refractivity contribution is 5.78. The van der Waals surface area contributed by atoms with Gasteiger partial charge in [-0.3, -0.25) is 4.79 Å². The molecule has 0 bridgehead atoms. The summed E-state index contributed by atoms with van der Waals surface area (Å²) in [7, 11) is 0. The molecule has 3 atom stereocenters. The Kier molecular flexibility index (Phi) is 1.76. The van der Waals surface area contributed by atoms with Gasteiger partial charge in [0.25, 0.3) is 0 Å². The summed E-state index contributed by atoms with van der Waals surface area (Å²) >= 11 is 0. The van der Waals surface area contributed by atoms with Crippen molar-refractivity contribution in [1.82, 2.24) is 0 Å². The molecule has 0 amide bonds. The monoisotopic (exact) mass is 165 g/mol. The minimum atomic E-state index is -0.477. The SMILES string of the molecule is N#CC1C(=O)OC2CCCCC21. The quantitative estimate of drug-likeness (QED) is 0.507. The Hall–Kier alpha value is -1.04. The van der Waals surface area contributed by atoms with Gasteiger partial charge in [0.05, 0.1) is 6.07 Å². The highest BCUT2D eigenvalue weighted by Gasteiger charge is 2.45. The van der Waals surface area contributed by atoms with E-state index in [4.69, 9.17) is 10.00 Å². The van der Waals surface area contributed by atoms with E-state index in [-0.39, 0.29) is 18.0 Å². The summed E-state index contributed by atoms with van der Waals surface area (Å²) in [5.74, 6) is -0.582. The number of fused-ring (bicyclic) bond motifs is 1. The van der Waals surface area contributed by atoms with E-state index in [0.29, 0.717) is 0 Å². The Labute approximate surface area is 71.3 Å². The van der Waals surface area contributed by atoms with Crippen LogP contribution in [-0.2, 0) is 9.53 Å². The molecule has 2 aliphatic rings. The Bertz CT molecular complexity index is 243. The molecule has 0 spiro atoms. The lowest BCUT2D eigenvalue weighted by atomic mass is 9.81. The van der Waals surface area contributed by atoms with Crippen molar-refractivity contribution in [3.05, 3.63) is 0 Å². The molecule has 3 unspecified atom stereocenters. The van der Waals surface area contributed by atoms with Gasteiger partial charge in [0.1, 0.15) is 12.0 Å². The summed E-state index contributed by atoms with van der Waals surface area (Å²) in [5, 5.41) is 8.72. The number of nitrogens with zero attached hydrogens (tertiary/aromatic N) is 1. The molecule has 1 saturated heterocycles. The zero-order chi connectivity index (χ0) is 8.55. The number of rotatable bonds is 0. The lowest BCUT2D eigenvalue weighted by Gasteiger charge is -2.22. The summed E-state index contributed by atoms with van der Waals surface area (Å²) in [6.45, 7) is 0. The molecule has 0 aromatic carbocycles. The van der Waals surface area contributed by atoms with Gasteiger partial charge in [-0.05, 0) is 19.3 Å². The maximum Gasteiger partial charge on any atom is 0.324 e. The molecule has 12 heavy (non-hydrogen) atoms. The zero-order valence-electron chi connectivity index (χ0n) is 6.82. The number of esters is 1. The second-order valence-electron chi connectivity index (χ2n) is 3.53. The molecular weight excluding hydrogens is 154 g/mol. The van der Waals surface area contributed by atoms with Gasteiger partial charge in [-0.25, -0.2) is 0 Å². The van der Waals surface area contributed by atoms with Crippen LogP contribution < -0.4 is 0 Å². The summed E-state index contributed by atoms with van der Waals surface area (Å²) in [6, 6.07) is 2.04. The second-order valence-corrected chi connectivity index (χ2v) is 3.53. The van der Waals surface area contributed by atoms with Crippen molar-refractivity contribution in [2.24, 2.45) is 11.8 Å². The molecule has 0 radical (unpaired) electrons. The lowest BCUT2D eigenvalue weighted by Crippen LogP contribution is -2.23. The molecular formula is C9H11NO2. The van der Waals surface area contributed by atoms with Crippen LogP contribution in [0, 0.1) is 23.2 Å². The Morgan fingerprint density at radius 3 is 2.92 bits per heavy atom. The first kappa shape index (κ1) is 7.60. The van der Waals surface area contributed by atoms with Crippen molar-refractivity contribution >= 4 is 5.97 Å². The predicted octanol–water partition coefficient (Wildman–Crippen LogP) is 1.24. The van der Waals surface area contributed by atoms with E-state index < -0.39 is 5.92 Å². The van der Waals surface area contributed by atoms with Gasteiger partial charge in [-0.15, -0.1) is 0 Å². The fourth-order valence-corrected chi connectivity index (χ4v) is 2.20. The van der Waals surface area contributed by atoms with Crippen LogP contribution in [0.4, 0.5) is 0 Å². The molecule has 2 rings (SSSR count).